The minimum Gasteiger partial charge on any atom is -0.397 e. The summed E-state index contributed by atoms with van der Waals surface area (Å²) in [5, 5.41) is 13.6. The number of thioether (sulfide) groups is 1. The molecule has 0 heterocycles. The molecule has 0 aliphatic carbocycles. The molecule has 0 atom stereocenters. The van der Waals surface area contributed by atoms with Gasteiger partial charge >= 0.3 is 0 Å². The first kappa shape index (κ1) is 13.2. The third kappa shape index (κ3) is 4.25. The van der Waals surface area contributed by atoms with Crippen LogP contribution in [0.2, 0.25) is 0 Å². The molecule has 0 radical (unpaired) electrons. The fraction of sp³-hybridized carbons (Fsp3) is 0.273. The Balaban J connectivity index is 2.50. The van der Waals surface area contributed by atoms with Crippen molar-refractivity contribution in [2.75, 3.05) is 29.1 Å². The molecule has 0 spiro atoms. The quantitative estimate of drug-likeness (QED) is 0.265. The first-order valence-electron chi connectivity index (χ1n) is 4.94. The summed E-state index contributed by atoms with van der Waals surface area (Å²) in [5.41, 5.74) is 6.77. The van der Waals surface area contributed by atoms with Gasteiger partial charge in [0.25, 0.3) is 5.69 Å². The van der Waals surface area contributed by atoms with Crippen molar-refractivity contribution in [3.8, 4) is 12.3 Å². The predicted molar refractivity (Wildman–Crippen MR) is 72.2 cm³/mol. The number of hydrogen-bond acceptors (Lipinski definition) is 5. The van der Waals surface area contributed by atoms with Gasteiger partial charge in [-0.15, -0.1) is 18.2 Å². The van der Waals surface area contributed by atoms with Crippen molar-refractivity contribution in [3.63, 3.8) is 0 Å². The zero-order chi connectivity index (χ0) is 12.7. The number of benzene rings is 1. The number of hydrogen-bond donors (Lipinski definition) is 2. The molecule has 17 heavy (non-hydrogen) atoms. The SMILES string of the molecule is C#CCSCCNc1ccc([N+](=O)[O-])cc1N. The number of nitro benzene ring substituents is 1. The van der Waals surface area contributed by atoms with Crippen molar-refractivity contribution in [1.82, 2.24) is 0 Å². The lowest BCUT2D eigenvalue weighted by molar-refractivity contribution is -0.384. The molecule has 6 heteroatoms. The molecular formula is C11H13N3O2S. The number of nitrogens with one attached hydrogen (secondary N) is 1. The van der Waals surface area contributed by atoms with E-state index in [2.05, 4.69) is 11.2 Å². The molecule has 0 saturated heterocycles. The standard InChI is InChI=1S/C11H13N3O2S/c1-2-6-17-7-5-13-11-4-3-9(14(15)16)8-10(11)12/h1,3-4,8,13H,5-7,12H2. The van der Waals surface area contributed by atoms with Gasteiger partial charge in [0.1, 0.15) is 0 Å². The van der Waals surface area contributed by atoms with Crippen LogP contribution in [0.3, 0.4) is 0 Å². The molecule has 0 saturated carbocycles. The van der Waals surface area contributed by atoms with Crippen molar-refractivity contribution >= 4 is 28.8 Å². The Morgan fingerprint density at radius 3 is 2.94 bits per heavy atom. The van der Waals surface area contributed by atoms with Gasteiger partial charge in [-0.1, -0.05) is 5.92 Å². The highest BCUT2D eigenvalue weighted by atomic mass is 32.2. The molecule has 0 aliphatic rings. The number of rotatable bonds is 6. The van der Waals surface area contributed by atoms with E-state index in [1.807, 2.05) is 0 Å². The lowest BCUT2D eigenvalue weighted by Gasteiger charge is -2.08. The van der Waals surface area contributed by atoms with Crippen molar-refractivity contribution in [1.29, 1.82) is 0 Å². The molecule has 90 valence electrons. The number of nitrogen functional groups attached to an aromatic ring is 1. The molecule has 0 aromatic heterocycles. The third-order valence-corrected chi connectivity index (χ3v) is 2.86. The molecule has 3 N–H and O–H groups in total. The van der Waals surface area contributed by atoms with Crippen LogP contribution in [-0.2, 0) is 0 Å². The largest absolute Gasteiger partial charge is 0.397 e. The van der Waals surface area contributed by atoms with Crippen LogP contribution in [0.4, 0.5) is 17.1 Å². The van der Waals surface area contributed by atoms with E-state index in [0.717, 1.165) is 5.75 Å². The Hall–Kier alpha value is -1.87. The Bertz CT molecular complexity index is 443. The van der Waals surface area contributed by atoms with Crippen molar-refractivity contribution in [2.45, 2.75) is 0 Å². The molecule has 1 aromatic rings. The minimum atomic E-state index is -0.469. The molecule has 1 aromatic carbocycles. The van der Waals surface area contributed by atoms with Crippen molar-refractivity contribution in [2.24, 2.45) is 0 Å². The van der Waals surface area contributed by atoms with Crippen LogP contribution < -0.4 is 11.1 Å². The Morgan fingerprint density at radius 2 is 2.35 bits per heavy atom. The Morgan fingerprint density at radius 1 is 1.59 bits per heavy atom. The van der Waals surface area contributed by atoms with Gasteiger partial charge in [-0.3, -0.25) is 10.1 Å². The highest BCUT2D eigenvalue weighted by Crippen LogP contribution is 2.23. The van der Waals surface area contributed by atoms with Gasteiger partial charge in [0.15, 0.2) is 0 Å². The van der Waals surface area contributed by atoms with E-state index in [1.54, 1.807) is 17.8 Å². The number of non-ortho nitro benzene ring substituents is 1. The fourth-order valence-corrected chi connectivity index (χ4v) is 1.72. The number of nitro groups is 1. The van der Waals surface area contributed by atoms with Gasteiger partial charge in [-0.25, -0.2) is 0 Å². The summed E-state index contributed by atoms with van der Waals surface area (Å²) in [6.07, 6.45) is 5.12. The van der Waals surface area contributed by atoms with Gasteiger partial charge in [0.05, 0.1) is 22.1 Å². The van der Waals surface area contributed by atoms with E-state index in [0.29, 0.717) is 23.7 Å². The van der Waals surface area contributed by atoms with E-state index < -0.39 is 4.92 Å². The van der Waals surface area contributed by atoms with Crippen molar-refractivity contribution in [3.05, 3.63) is 28.3 Å². The summed E-state index contributed by atoms with van der Waals surface area (Å²) in [4.78, 5) is 10.0. The van der Waals surface area contributed by atoms with Crippen LogP contribution in [0, 0.1) is 22.5 Å². The van der Waals surface area contributed by atoms with Gasteiger partial charge in [-0.05, 0) is 6.07 Å². The molecule has 0 amide bonds. The van der Waals surface area contributed by atoms with E-state index in [1.165, 1.54) is 12.1 Å². The maximum atomic E-state index is 10.5. The molecule has 0 aliphatic heterocycles. The van der Waals surface area contributed by atoms with E-state index in [9.17, 15) is 10.1 Å². The summed E-state index contributed by atoms with van der Waals surface area (Å²) in [6, 6.07) is 4.38. The monoisotopic (exact) mass is 251 g/mol. The number of nitrogens with two attached hydrogens (primary N) is 1. The summed E-state index contributed by atoms with van der Waals surface area (Å²) in [5.74, 6) is 4.07. The zero-order valence-electron chi connectivity index (χ0n) is 9.18. The first-order valence-corrected chi connectivity index (χ1v) is 6.09. The van der Waals surface area contributed by atoms with Crippen LogP contribution in [0.15, 0.2) is 18.2 Å². The summed E-state index contributed by atoms with van der Waals surface area (Å²) in [7, 11) is 0. The van der Waals surface area contributed by atoms with Gasteiger partial charge in [0.2, 0.25) is 0 Å². The predicted octanol–water partition coefficient (Wildman–Crippen LogP) is 1.96. The average Bonchev–Trinajstić information content (AvgIpc) is 2.30. The lowest BCUT2D eigenvalue weighted by atomic mass is 10.2. The van der Waals surface area contributed by atoms with Gasteiger partial charge in [0, 0.05) is 24.4 Å². The zero-order valence-corrected chi connectivity index (χ0v) is 10.00. The highest BCUT2D eigenvalue weighted by molar-refractivity contribution is 7.99. The van der Waals surface area contributed by atoms with Crippen LogP contribution in [-0.4, -0.2) is 23.0 Å². The minimum absolute atomic E-state index is 0.00485. The smallest absolute Gasteiger partial charge is 0.271 e. The second-order valence-electron chi connectivity index (χ2n) is 3.21. The molecule has 0 bridgehead atoms. The fourth-order valence-electron chi connectivity index (χ4n) is 1.21. The second kappa shape index (κ2) is 6.66. The van der Waals surface area contributed by atoms with Crippen LogP contribution in [0.1, 0.15) is 0 Å². The van der Waals surface area contributed by atoms with Gasteiger partial charge < -0.3 is 11.1 Å². The molecule has 5 nitrogen and oxygen atoms in total. The Kier molecular flexibility index (Phi) is 5.17. The number of nitrogens with zero attached hydrogens (tertiary/aromatic N) is 1. The summed E-state index contributed by atoms with van der Waals surface area (Å²) < 4.78 is 0. The first-order chi connectivity index (χ1) is 8.15. The van der Waals surface area contributed by atoms with Crippen LogP contribution in [0.5, 0.6) is 0 Å². The third-order valence-electron chi connectivity index (χ3n) is 1.99. The van der Waals surface area contributed by atoms with Crippen molar-refractivity contribution < 1.29 is 4.92 Å². The highest BCUT2D eigenvalue weighted by Gasteiger charge is 2.07. The summed E-state index contributed by atoms with van der Waals surface area (Å²) in [6.45, 7) is 0.717. The normalized spacial score (nSPS) is 9.59. The molecule has 0 fully saturated rings. The van der Waals surface area contributed by atoms with Gasteiger partial charge in [-0.2, -0.15) is 0 Å². The maximum absolute atomic E-state index is 10.5. The summed E-state index contributed by atoms with van der Waals surface area (Å²) >= 11 is 1.64. The lowest BCUT2D eigenvalue weighted by Crippen LogP contribution is -2.06. The average molecular weight is 251 g/mol. The van der Waals surface area contributed by atoms with E-state index in [4.69, 9.17) is 12.2 Å². The molecular weight excluding hydrogens is 238 g/mol. The topological polar surface area (TPSA) is 81.2 Å². The van der Waals surface area contributed by atoms with E-state index >= 15 is 0 Å². The van der Waals surface area contributed by atoms with E-state index in [-0.39, 0.29) is 5.69 Å². The maximum Gasteiger partial charge on any atom is 0.271 e. The second-order valence-corrected chi connectivity index (χ2v) is 4.32. The number of terminal acetylenes is 1. The van der Waals surface area contributed by atoms with Crippen LogP contribution >= 0.6 is 11.8 Å². The van der Waals surface area contributed by atoms with Crippen LogP contribution in [0.25, 0.3) is 0 Å². The molecule has 1 rings (SSSR count). The Labute approximate surface area is 104 Å². The molecule has 0 unspecified atom stereocenters. The number of anilines is 2.